The van der Waals surface area contributed by atoms with E-state index in [0.717, 1.165) is 11.3 Å². The summed E-state index contributed by atoms with van der Waals surface area (Å²) >= 11 is 0. The molecule has 1 aromatic carbocycles. The molecule has 18 heavy (non-hydrogen) atoms. The predicted octanol–water partition coefficient (Wildman–Crippen LogP) is 1.70. The van der Waals surface area contributed by atoms with Crippen LogP contribution < -0.4 is 10.1 Å². The minimum Gasteiger partial charge on any atom is -0.491 e. The lowest BCUT2D eigenvalue weighted by Crippen LogP contribution is -2.25. The predicted molar refractivity (Wildman–Crippen MR) is 66.2 cm³/mol. The quantitative estimate of drug-likeness (QED) is 0.828. The van der Waals surface area contributed by atoms with Crippen LogP contribution in [0.5, 0.6) is 5.75 Å². The fourth-order valence-corrected chi connectivity index (χ4v) is 1.93. The van der Waals surface area contributed by atoms with Gasteiger partial charge in [-0.2, -0.15) is 0 Å². The van der Waals surface area contributed by atoms with Crippen LogP contribution in [0.15, 0.2) is 24.3 Å². The number of urea groups is 1. The Labute approximate surface area is 106 Å². The van der Waals surface area contributed by atoms with Crippen molar-refractivity contribution in [1.29, 1.82) is 0 Å². The third kappa shape index (κ3) is 2.30. The first-order chi connectivity index (χ1) is 8.49. The Bertz CT molecular complexity index is 468. The molecule has 0 spiro atoms. The van der Waals surface area contributed by atoms with Crippen LogP contribution >= 0.6 is 0 Å². The number of ether oxygens (including phenoxy) is 1. The first-order valence-electron chi connectivity index (χ1n) is 5.83. The largest absolute Gasteiger partial charge is 0.491 e. The van der Waals surface area contributed by atoms with E-state index in [-0.39, 0.29) is 18.0 Å². The van der Waals surface area contributed by atoms with Gasteiger partial charge in [0, 0.05) is 7.05 Å². The third-order valence-electron chi connectivity index (χ3n) is 2.75. The maximum absolute atomic E-state index is 11.7. The topological polar surface area (TPSA) is 58.6 Å². The SMILES string of the molecule is CC(C)Oc1ccc(C2C(=O)NC(=O)N2C)cc1. The Balaban J connectivity index is 2.19. The summed E-state index contributed by atoms with van der Waals surface area (Å²) in [5.41, 5.74) is 0.775. The summed E-state index contributed by atoms with van der Waals surface area (Å²) in [6.07, 6.45) is 0.106. The Hall–Kier alpha value is -2.04. The summed E-state index contributed by atoms with van der Waals surface area (Å²) in [5.74, 6) is 0.459. The number of carbonyl (C=O) groups is 2. The highest BCUT2D eigenvalue weighted by atomic mass is 16.5. The molecule has 1 atom stereocenters. The number of benzene rings is 1. The fourth-order valence-electron chi connectivity index (χ4n) is 1.93. The normalized spacial score (nSPS) is 19.3. The van der Waals surface area contributed by atoms with E-state index in [1.165, 1.54) is 4.90 Å². The molecule has 2 rings (SSSR count). The van der Waals surface area contributed by atoms with Crippen LogP contribution in [0.1, 0.15) is 25.5 Å². The lowest BCUT2D eigenvalue weighted by atomic mass is 10.1. The molecule has 1 unspecified atom stereocenters. The zero-order valence-electron chi connectivity index (χ0n) is 10.6. The van der Waals surface area contributed by atoms with Crippen molar-refractivity contribution in [3.05, 3.63) is 29.8 Å². The summed E-state index contributed by atoms with van der Waals surface area (Å²) in [5, 5.41) is 2.28. The lowest BCUT2D eigenvalue weighted by molar-refractivity contribution is -0.121. The Morgan fingerprint density at radius 3 is 2.28 bits per heavy atom. The van der Waals surface area contributed by atoms with Gasteiger partial charge in [-0.05, 0) is 31.5 Å². The second-order valence-corrected chi connectivity index (χ2v) is 4.54. The molecule has 0 saturated carbocycles. The number of hydrogen-bond acceptors (Lipinski definition) is 3. The van der Waals surface area contributed by atoms with E-state index in [1.54, 1.807) is 31.3 Å². The Morgan fingerprint density at radius 1 is 1.22 bits per heavy atom. The van der Waals surface area contributed by atoms with Gasteiger partial charge in [0.2, 0.25) is 0 Å². The summed E-state index contributed by atoms with van der Waals surface area (Å²) in [6.45, 7) is 3.90. The van der Waals surface area contributed by atoms with Gasteiger partial charge in [0.25, 0.3) is 5.91 Å². The standard InChI is InChI=1S/C13H16N2O3/c1-8(2)18-10-6-4-9(5-7-10)11-12(16)14-13(17)15(11)3/h4-8,11H,1-3H3,(H,14,16,17). The summed E-state index contributed by atoms with van der Waals surface area (Å²) in [6, 6.07) is 6.30. The van der Waals surface area contributed by atoms with Gasteiger partial charge in [-0.1, -0.05) is 12.1 Å². The lowest BCUT2D eigenvalue weighted by Gasteiger charge is -2.17. The van der Waals surface area contributed by atoms with Gasteiger partial charge in [0.1, 0.15) is 11.8 Å². The first-order valence-corrected chi connectivity index (χ1v) is 5.83. The highest BCUT2D eigenvalue weighted by Crippen LogP contribution is 2.26. The summed E-state index contributed by atoms with van der Waals surface area (Å²) < 4.78 is 5.53. The van der Waals surface area contributed by atoms with Crippen LogP contribution in [0.2, 0.25) is 0 Å². The van der Waals surface area contributed by atoms with Crippen LogP contribution in [0.4, 0.5) is 4.79 Å². The number of likely N-dealkylation sites (N-methyl/N-ethyl adjacent to an activating group) is 1. The Kier molecular flexibility index (Phi) is 3.23. The smallest absolute Gasteiger partial charge is 0.324 e. The molecule has 1 aliphatic rings. The molecule has 1 aromatic rings. The molecule has 5 heteroatoms. The van der Waals surface area contributed by atoms with E-state index in [1.807, 2.05) is 13.8 Å². The van der Waals surface area contributed by atoms with E-state index in [4.69, 9.17) is 4.74 Å². The van der Waals surface area contributed by atoms with Gasteiger partial charge in [0.05, 0.1) is 6.10 Å². The number of nitrogens with zero attached hydrogens (tertiary/aromatic N) is 1. The van der Waals surface area contributed by atoms with Crippen molar-refractivity contribution in [2.45, 2.75) is 26.0 Å². The highest BCUT2D eigenvalue weighted by molar-refractivity contribution is 6.04. The molecule has 3 amide bonds. The second-order valence-electron chi connectivity index (χ2n) is 4.54. The summed E-state index contributed by atoms with van der Waals surface area (Å²) in [4.78, 5) is 24.4. The van der Waals surface area contributed by atoms with Crippen molar-refractivity contribution in [2.75, 3.05) is 7.05 Å². The fraction of sp³-hybridized carbons (Fsp3) is 0.385. The number of nitrogens with one attached hydrogen (secondary N) is 1. The minimum absolute atomic E-state index is 0.106. The number of hydrogen-bond donors (Lipinski definition) is 1. The van der Waals surface area contributed by atoms with Crippen molar-refractivity contribution in [3.8, 4) is 5.75 Å². The van der Waals surface area contributed by atoms with E-state index in [2.05, 4.69) is 5.32 Å². The maximum atomic E-state index is 11.7. The van der Waals surface area contributed by atoms with Crippen molar-refractivity contribution >= 4 is 11.9 Å². The zero-order valence-corrected chi connectivity index (χ0v) is 10.6. The molecular formula is C13H16N2O3. The van der Waals surface area contributed by atoms with Crippen LogP contribution in [0, 0.1) is 0 Å². The van der Waals surface area contributed by atoms with Crippen molar-refractivity contribution in [1.82, 2.24) is 10.2 Å². The molecule has 0 aliphatic carbocycles. The van der Waals surface area contributed by atoms with Crippen LogP contribution in [0.25, 0.3) is 0 Å². The van der Waals surface area contributed by atoms with Crippen molar-refractivity contribution in [3.63, 3.8) is 0 Å². The average molecular weight is 248 g/mol. The van der Waals surface area contributed by atoms with E-state index < -0.39 is 6.04 Å². The highest BCUT2D eigenvalue weighted by Gasteiger charge is 2.36. The Morgan fingerprint density at radius 2 is 1.83 bits per heavy atom. The molecule has 1 aliphatic heterocycles. The molecule has 96 valence electrons. The van der Waals surface area contributed by atoms with Crippen molar-refractivity contribution < 1.29 is 14.3 Å². The monoisotopic (exact) mass is 248 g/mol. The van der Waals surface area contributed by atoms with Gasteiger partial charge < -0.3 is 9.64 Å². The van der Waals surface area contributed by atoms with Gasteiger partial charge in [-0.25, -0.2) is 4.79 Å². The van der Waals surface area contributed by atoms with Crippen molar-refractivity contribution in [2.24, 2.45) is 0 Å². The number of carbonyl (C=O) groups excluding carboxylic acids is 2. The van der Waals surface area contributed by atoms with Crippen LogP contribution in [0.3, 0.4) is 0 Å². The van der Waals surface area contributed by atoms with Gasteiger partial charge in [-0.3, -0.25) is 10.1 Å². The minimum atomic E-state index is -0.550. The zero-order chi connectivity index (χ0) is 13.3. The molecule has 0 aromatic heterocycles. The van der Waals surface area contributed by atoms with E-state index in [9.17, 15) is 9.59 Å². The molecule has 1 saturated heterocycles. The first kappa shape index (κ1) is 12.4. The van der Waals surface area contributed by atoms with Gasteiger partial charge >= 0.3 is 6.03 Å². The molecule has 1 N–H and O–H groups in total. The van der Waals surface area contributed by atoms with Crippen LogP contribution in [-0.2, 0) is 4.79 Å². The third-order valence-corrected chi connectivity index (χ3v) is 2.75. The molecule has 0 bridgehead atoms. The van der Waals surface area contributed by atoms with Gasteiger partial charge in [0.15, 0.2) is 0 Å². The number of imide groups is 1. The average Bonchev–Trinajstić information content (AvgIpc) is 2.54. The molecule has 5 nitrogen and oxygen atoms in total. The molecule has 0 radical (unpaired) electrons. The van der Waals surface area contributed by atoms with E-state index in [0.29, 0.717) is 0 Å². The molecule has 1 heterocycles. The number of amides is 3. The summed E-state index contributed by atoms with van der Waals surface area (Å²) in [7, 11) is 1.60. The molecular weight excluding hydrogens is 232 g/mol. The second kappa shape index (κ2) is 4.68. The maximum Gasteiger partial charge on any atom is 0.324 e. The van der Waals surface area contributed by atoms with E-state index >= 15 is 0 Å². The number of rotatable bonds is 3. The van der Waals surface area contributed by atoms with Crippen LogP contribution in [-0.4, -0.2) is 30.0 Å². The molecule has 1 fully saturated rings. The van der Waals surface area contributed by atoms with Gasteiger partial charge in [-0.15, -0.1) is 0 Å².